The standard InChI is InChI=1S/C10H4Br3F2N3O2S/c11-5-1-4(14)2-6(15)8(5)21(19,20)18-10-9(13)17-7(12)3-16-10/h1-3H,(H,16,18). The number of rotatable bonds is 3. The molecular formula is C10H4Br3F2N3O2S. The van der Waals surface area contributed by atoms with E-state index in [-0.39, 0.29) is 14.9 Å². The SMILES string of the molecule is O=S(=O)(Nc1ncc(Br)nc1Br)c1c(F)cc(F)cc1Br. The first-order chi connectivity index (χ1) is 9.70. The van der Waals surface area contributed by atoms with Crippen LogP contribution in [0.25, 0.3) is 0 Å². The van der Waals surface area contributed by atoms with E-state index in [9.17, 15) is 17.2 Å². The molecule has 0 amide bonds. The van der Waals surface area contributed by atoms with Crippen LogP contribution in [0.2, 0.25) is 0 Å². The van der Waals surface area contributed by atoms with E-state index in [1.54, 1.807) is 0 Å². The molecule has 0 saturated carbocycles. The third-order valence-corrected chi connectivity index (χ3v) is 5.40. The Kier molecular flexibility index (Phi) is 4.96. The summed E-state index contributed by atoms with van der Waals surface area (Å²) in [5.41, 5.74) is 0. The second-order valence-corrected chi connectivity index (χ2v) is 7.67. The summed E-state index contributed by atoms with van der Waals surface area (Å²) >= 11 is 8.91. The quantitative estimate of drug-likeness (QED) is 0.685. The minimum Gasteiger partial charge on any atom is -0.261 e. The fraction of sp³-hybridized carbons (Fsp3) is 0. The van der Waals surface area contributed by atoms with Crippen LogP contribution in [0.15, 0.2) is 36.9 Å². The van der Waals surface area contributed by atoms with Crippen LogP contribution in [0.4, 0.5) is 14.6 Å². The highest BCUT2D eigenvalue weighted by Gasteiger charge is 2.25. The van der Waals surface area contributed by atoms with E-state index < -0.39 is 26.6 Å². The van der Waals surface area contributed by atoms with Crippen molar-refractivity contribution in [3.05, 3.63) is 43.6 Å². The number of hydrogen-bond donors (Lipinski definition) is 1. The normalized spacial score (nSPS) is 11.5. The molecule has 1 aromatic heterocycles. The first kappa shape index (κ1) is 16.7. The molecule has 2 aromatic rings. The summed E-state index contributed by atoms with van der Waals surface area (Å²) in [6.45, 7) is 0. The average Bonchev–Trinajstić information content (AvgIpc) is 2.30. The van der Waals surface area contributed by atoms with Crippen molar-refractivity contribution in [1.29, 1.82) is 0 Å². The fourth-order valence-corrected chi connectivity index (χ4v) is 4.61. The van der Waals surface area contributed by atoms with Crippen LogP contribution >= 0.6 is 47.8 Å². The highest BCUT2D eigenvalue weighted by atomic mass is 79.9. The Hall–Kier alpha value is -0.650. The third-order valence-electron chi connectivity index (χ3n) is 2.16. The molecule has 0 aliphatic rings. The van der Waals surface area contributed by atoms with E-state index >= 15 is 0 Å². The lowest BCUT2D eigenvalue weighted by molar-refractivity contribution is 0.548. The molecule has 5 nitrogen and oxygen atoms in total. The molecular weight excluding hydrogens is 504 g/mol. The summed E-state index contributed by atoms with van der Waals surface area (Å²) in [5.74, 6) is -2.26. The predicted molar refractivity (Wildman–Crippen MR) is 82.3 cm³/mol. The predicted octanol–water partition coefficient (Wildman–Crippen LogP) is 3.84. The Morgan fingerprint density at radius 3 is 2.38 bits per heavy atom. The molecule has 1 heterocycles. The van der Waals surface area contributed by atoms with Crippen LogP contribution in [0, 0.1) is 11.6 Å². The Morgan fingerprint density at radius 2 is 1.81 bits per heavy atom. The molecule has 0 aliphatic heterocycles. The Labute approximate surface area is 143 Å². The molecule has 0 fully saturated rings. The van der Waals surface area contributed by atoms with Crippen molar-refractivity contribution in [1.82, 2.24) is 9.97 Å². The lowest BCUT2D eigenvalue weighted by atomic mass is 10.3. The first-order valence-electron chi connectivity index (χ1n) is 5.06. The van der Waals surface area contributed by atoms with Crippen molar-refractivity contribution < 1.29 is 17.2 Å². The van der Waals surface area contributed by atoms with Gasteiger partial charge in [0.05, 0.1) is 6.20 Å². The smallest absolute Gasteiger partial charge is 0.261 e. The highest BCUT2D eigenvalue weighted by molar-refractivity contribution is 9.11. The third kappa shape index (κ3) is 3.76. The summed E-state index contributed by atoms with van der Waals surface area (Å²) in [7, 11) is -4.31. The summed E-state index contributed by atoms with van der Waals surface area (Å²) in [5, 5.41) is 0. The van der Waals surface area contributed by atoms with Gasteiger partial charge in [-0.3, -0.25) is 4.72 Å². The zero-order chi connectivity index (χ0) is 15.8. The number of aromatic nitrogens is 2. The maximum Gasteiger partial charge on any atom is 0.267 e. The molecule has 0 radical (unpaired) electrons. The number of halogens is 5. The van der Waals surface area contributed by atoms with Gasteiger partial charge in [0.25, 0.3) is 10.0 Å². The van der Waals surface area contributed by atoms with Crippen LogP contribution in [-0.4, -0.2) is 18.4 Å². The first-order valence-corrected chi connectivity index (χ1v) is 8.92. The minimum atomic E-state index is -4.31. The lowest BCUT2D eigenvalue weighted by Gasteiger charge is -2.10. The van der Waals surface area contributed by atoms with Gasteiger partial charge in [0, 0.05) is 10.5 Å². The van der Waals surface area contributed by atoms with Crippen molar-refractivity contribution in [2.45, 2.75) is 4.90 Å². The van der Waals surface area contributed by atoms with Crippen LogP contribution in [0.1, 0.15) is 0 Å². The van der Waals surface area contributed by atoms with Crippen LogP contribution in [0.5, 0.6) is 0 Å². The minimum absolute atomic E-state index is 0.110. The van der Waals surface area contributed by atoms with Gasteiger partial charge in [-0.05, 0) is 53.9 Å². The van der Waals surface area contributed by atoms with Gasteiger partial charge in [0.2, 0.25) is 0 Å². The zero-order valence-corrected chi connectivity index (χ0v) is 15.3. The molecule has 2 rings (SSSR count). The molecule has 0 atom stereocenters. The molecule has 112 valence electrons. The number of sulfonamides is 1. The van der Waals surface area contributed by atoms with Gasteiger partial charge < -0.3 is 0 Å². The van der Waals surface area contributed by atoms with Crippen LogP contribution < -0.4 is 4.72 Å². The highest BCUT2D eigenvalue weighted by Crippen LogP contribution is 2.29. The maximum atomic E-state index is 13.7. The van der Waals surface area contributed by atoms with Crippen molar-refractivity contribution in [3.63, 3.8) is 0 Å². The molecule has 0 bridgehead atoms. The zero-order valence-electron chi connectivity index (χ0n) is 9.74. The summed E-state index contributed by atoms with van der Waals surface area (Å²) < 4.78 is 53.4. The van der Waals surface area contributed by atoms with Gasteiger partial charge >= 0.3 is 0 Å². The summed E-state index contributed by atoms with van der Waals surface area (Å²) in [4.78, 5) is 6.97. The van der Waals surface area contributed by atoms with Crippen molar-refractivity contribution in [2.75, 3.05) is 4.72 Å². The summed E-state index contributed by atoms with van der Waals surface area (Å²) in [6.07, 6.45) is 1.26. The summed E-state index contributed by atoms with van der Waals surface area (Å²) in [6, 6.07) is 1.32. The van der Waals surface area contributed by atoms with E-state index in [0.717, 1.165) is 6.07 Å². The molecule has 11 heteroatoms. The van der Waals surface area contributed by atoms with Crippen molar-refractivity contribution in [3.8, 4) is 0 Å². The van der Waals surface area contributed by atoms with Gasteiger partial charge in [-0.2, -0.15) is 0 Å². The Morgan fingerprint density at radius 1 is 1.14 bits per heavy atom. The van der Waals surface area contributed by atoms with E-state index in [4.69, 9.17) is 0 Å². The molecule has 0 spiro atoms. The molecule has 0 aliphatic carbocycles. The van der Waals surface area contributed by atoms with Crippen molar-refractivity contribution >= 4 is 63.6 Å². The second-order valence-electron chi connectivity index (χ2n) is 3.64. The Balaban J connectivity index is 2.48. The number of hydrogen-bond acceptors (Lipinski definition) is 4. The second kappa shape index (κ2) is 6.23. The number of anilines is 1. The number of nitrogens with one attached hydrogen (secondary N) is 1. The lowest BCUT2D eigenvalue weighted by Crippen LogP contribution is -2.17. The van der Waals surface area contributed by atoms with Gasteiger partial charge in [0.15, 0.2) is 10.4 Å². The van der Waals surface area contributed by atoms with E-state index in [1.807, 2.05) is 0 Å². The Bertz CT molecular complexity index is 794. The fourth-order valence-electron chi connectivity index (χ4n) is 1.38. The average molecular weight is 508 g/mol. The topological polar surface area (TPSA) is 72.0 Å². The monoisotopic (exact) mass is 505 g/mol. The van der Waals surface area contributed by atoms with Gasteiger partial charge in [-0.25, -0.2) is 27.2 Å². The van der Waals surface area contributed by atoms with Crippen molar-refractivity contribution in [2.24, 2.45) is 0 Å². The molecule has 1 aromatic carbocycles. The van der Waals surface area contributed by atoms with Crippen LogP contribution in [0.3, 0.4) is 0 Å². The van der Waals surface area contributed by atoms with Gasteiger partial charge in [-0.1, -0.05) is 0 Å². The van der Waals surface area contributed by atoms with E-state index in [1.165, 1.54) is 6.20 Å². The molecule has 1 N–H and O–H groups in total. The van der Waals surface area contributed by atoms with Gasteiger partial charge in [0.1, 0.15) is 21.1 Å². The molecule has 21 heavy (non-hydrogen) atoms. The molecule has 0 unspecified atom stereocenters. The number of benzene rings is 1. The van der Waals surface area contributed by atoms with Crippen LogP contribution in [-0.2, 0) is 10.0 Å². The van der Waals surface area contributed by atoms with E-state index in [2.05, 4.69) is 62.5 Å². The molecule has 0 saturated heterocycles. The van der Waals surface area contributed by atoms with Gasteiger partial charge in [-0.15, -0.1) is 0 Å². The largest absolute Gasteiger partial charge is 0.267 e. The van der Waals surface area contributed by atoms with E-state index in [0.29, 0.717) is 10.7 Å². The maximum absolute atomic E-state index is 13.7. The number of nitrogens with zero attached hydrogens (tertiary/aromatic N) is 2.